The molecule has 45 heteroatoms. The van der Waals surface area contributed by atoms with Crippen LogP contribution in [0.3, 0.4) is 0 Å². The van der Waals surface area contributed by atoms with Crippen molar-refractivity contribution in [2.75, 3.05) is 26.4 Å². The van der Waals surface area contributed by atoms with Gasteiger partial charge in [0.15, 0.2) is 0 Å². The van der Waals surface area contributed by atoms with Crippen LogP contribution in [0.15, 0.2) is 0 Å². The van der Waals surface area contributed by atoms with Crippen molar-refractivity contribution in [3.8, 4) is 0 Å². The number of halogens is 42. The van der Waals surface area contributed by atoms with Gasteiger partial charge in [-0.25, -0.2) is 0 Å². The Labute approximate surface area is 351 Å². The fourth-order valence-corrected chi connectivity index (χ4v) is 4.36. The van der Waals surface area contributed by atoms with Crippen molar-refractivity contribution >= 4 is 0 Å². The average molecular weight is 1150 g/mol. The summed E-state index contributed by atoms with van der Waals surface area (Å²) in [5.74, 6) is -150. The molecule has 70 heavy (non-hydrogen) atoms. The van der Waals surface area contributed by atoms with Crippen LogP contribution in [0.5, 0.6) is 0 Å². The Morgan fingerprint density at radius 1 is 0.229 bits per heavy atom. The largest absolute Gasteiger partial charge is 0.460 e. The number of hydrogen-bond acceptors (Lipinski definition) is 3. The molecule has 0 radical (unpaired) electrons. The van der Waals surface area contributed by atoms with Crippen LogP contribution in [-0.2, 0) is 14.2 Å². The summed E-state index contributed by atoms with van der Waals surface area (Å²) in [6.45, 7) is -11.2. The Bertz CT molecular complexity index is 1730. The molecule has 0 unspecified atom stereocenters. The quantitative estimate of drug-likeness (QED) is 0.101. The molecule has 0 aromatic rings. The van der Waals surface area contributed by atoms with E-state index in [1.54, 1.807) is 0 Å². The van der Waals surface area contributed by atoms with Gasteiger partial charge in [-0.1, -0.05) is 0 Å². The molecule has 1 saturated heterocycles. The Hall–Kier alpha value is -3.06. The van der Waals surface area contributed by atoms with E-state index in [2.05, 4.69) is 14.2 Å². The second-order valence-electron chi connectivity index (χ2n) is 13.8. The lowest BCUT2D eigenvalue weighted by Crippen LogP contribution is -2.77. The molecular weight excluding hydrogens is 1150 g/mol. The van der Waals surface area contributed by atoms with E-state index in [-0.39, 0.29) is 0 Å². The molecule has 1 aliphatic heterocycles. The highest BCUT2D eigenvalue weighted by molar-refractivity contribution is 5.19. The predicted octanol–water partition coefficient (Wildman–Crippen LogP) is 13.5. The minimum atomic E-state index is -9.74. The van der Waals surface area contributed by atoms with Gasteiger partial charge < -0.3 is 14.2 Å². The number of rotatable bonds is 22. The molecule has 1 fully saturated rings. The van der Waals surface area contributed by atoms with Crippen molar-refractivity contribution < 1.29 is 199 Å². The first kappa shape index (κ1) is 65.0. The van der Waals surface area contributed by atoms with Gasteiger partial charge in [0.25, 0.3) is 0 Å². The van der Waals surface area contributed by atoms with E-state index in [1.165, 1.54) is 0 Å². The van der Waals surface area contributed by atoms with Gasteiger partial charge in [-0.2, -0.15) is 184 Å². The maximum atomic E-state index is 14.2. The highest BCUT2D eigenvalue weighted by Gasteiger charge is 3.00. The van der Waals surface area contributed by atoms with E-state index in [0.29, 0.717) is 0 Å². The summed E-state index contributed by atoms with van der Waals surface area (Å²) in [4.78, 5) is 0. The van der Waals surface area contributed by atoms with Gasteiger partial charge in [-0.15, -0.1) is 0 Å². The molecule has 0 aliphatic carbocycles. The maximum Gasteiger partial charge on any atom is 0.460 e. The van der Waals surface area contributed by atoms with E-state index in [0.717, 1.165) is 0 Å². The SMILES string of the molecule is FC(F)(F)C(F)(F)C(F)(F)C(F)(F)C(F)(F)C(F)(F)C(F)(F)C(F)(F)C(F)(F)C(F)(F)OCC1(COC(F)(F)C(F)(F)C(F)(F)C(F)(F)C(F)(F)C(F)(F)C(F)(F)C(F)(F)C(F)(F)C(F)(F)F)COC1. The predicted molar refractivity (Wildman–Crippen MR) is 126 cm³/mol. The van der Waals surface area contributed by atoms with Crippen LogP contribution in [0.25, 0.3) is 0 Å². The average Bonchev–Trinajstić information content (AvgIpc) is 3.11. The second kappa shape index (κ2) is 16.5. The lowest BCUT2D eigenvalue weighted by molar-refractivity contribution is -0.488. The summed E-state index contributed by atoms with van der Waals surface area (Å²) in [7, 11) is 0. The van der Waals surface area contributed by atoms with Crippen molar-refractivity contribution in [1.29, 1.82) is 0 Å². The van der Waals surface area contributed by atoms with Gasteiger partial charge in [0.05, 0.1) is 31.8 Å². The highest BCUT2D eigenvalue weighted by atomic mass is 19.5. The summed E-state index contributed by atoms with van der Waals surface area (Å²) in [5, 5.41) is 0. The van der Waals surface area contributed by atoms with E-state index in [1.807, 2.05) is 0 Å². The third-order valence-electron chi connectivity index (χ3n) is 8.90. The molecule has 0 atom stereocenters. The van der Waals surface area contributed by atoms with Gasteiger partial charge in [-0.05, 0) is 0 Å². The normalized spacial score (nSPS) is 18.6. The molecule has 0 aromatic heterocycles. The zero-order chi connectivity index (χ0) is 57.4. The molecule has 1 aliphatic rings. The Morgan fingerprint density at radius 3 is 0.500 bits per heavy atom. The van der Waals surface area contributed by atoms with Crippen LogP contribution < -0.4 is 0 Å². The van der Waals surface area contributed by atoms with Crippen molar-refractivity contribution in [3.05, 3.63) is 0 Å². The van der Waals surface area contributed by atoms with Gasteiger partial charge in [0, 0.05) is 0 Å². The molecule has 1 rings (SSSR count). The molecule has 3 nitrogen and oxygen atoms in total. The Kier molecular flexibility index (Phi) is 15.3. The van der Waals surface area contributed by atoms with Crippen molar-refractivity contribution in [3.63, 3.8) is 0 Å². The number of alkyl halides is 42. The Balaban J connectivity index is 3.67. The molecule has 0 N–H and O–H groups in total. The fraction of sp³-hybridized carbons (Fsp3) is 1.00. The molecule has 0 spiro atoms. The van der Waals surface area contributed by atoms with E-state index < -0.39 is 151 Å². The van der Waals surface area contributed by atoms with Gasteiger partial charge in [-0.3, -0.25) is 0 Å². The van der Waals surface area contributed by atoms with Crippen LogP contribution in [0.4, 0.5) is 184 Å². The topological polar surface area (TPSA) is 27.7 Å². The molecule has 0 aromatic carbocycles. The fourth-order valence-electron chi connectivity index (χ4n) is 4.36. The van der Waals surface area contributed by atoms with Crippen molar-refractivity contribution in [2.24, 2.45) is 5.41 Å². The molecular formula is C25H8F42O3. The van der Waals surface area contributed by atoms with Crippen molar-refractivity contribution in [2.45, 2.75) is 119 Å². The highest BCUT2D eigenvalue weighted by Crippen LogP contribution is 2.69. The Morgan fingerprint density at radius 2 is 0.371 bits per heavy atom. The molecule has 0 amide bonds. The van der Waals surface area contributed by atoms with Gasteiger partial charge in [0.2, 0.25) is 0 Å². The van der Waals surface area contributed by atoms with E-state index in [9.17, 15) is 184 Å². The lowest BCUT2D eigenvalue weighted by atomic mass is 9.86. The van der Waals surface area contributed by atoms with Crippen LogP contribution in [0.2, 0.25) is 0 Å². The van der Waals surface area contributed by atoms with Crippen LogP contribution in [0, 0.1) is 5.41 Å². The maximum absolute atomic E-state index is 14.2. The molecule has 420 valence electrons. The molecule has 0 saturated carbocycles. The minimum Gasteiger partial charge on any atom is -0.380 e. The summed E-state index contributed by atoms with van der Waals surface area (Å²) in [6, 6.07) is 0. The minimum absolute atomic E-state index is 2.21. The number of ether oxygens (including phenoxy) is 3. The summed E-state index contributed by atoms with van der Waals surface area (Å²) in [6.07, 6.45) is -32.9. The summed E-state index contributed by atoms with van der Waals surface area (Å²) in [5.41, 5.74) is -3.93. The monoisotopic (exact) mass is 1150 g/mol. The zero-order valence-electron chi connectivity index (χ0n) is 30.4. The second-order valence-corrected chi connectivity index (χ2v) is 13.8. The third kappa shape index (κ3) is 8.11. The lowest BCUT2D eigenvalue weighted by Gasteiger charge is -2.46. The molecule has 1 heterocycles. The first-order valence-electron chi connectivity index (χ1n) is 15.4. The third-order valence-corrected chi connectivity index (χ3v) is 8.90. The summed E-state index contributed by atoms with van der Waals surface area (Å²) < 4.78 is 577. The van der Waals surface area contributed by atoms with Gasteiger partial charge in [0.1, 0.15) is 0 Å². The zero-order valence-corrected chi connectivity index (χ0v) is 30.4. The van der Waals surface area contributed by atoms with Gasteiger partial charge >= 0.3 is 119 Å². The van der Waals surface area contributed by atoms with E-state index >= 15 is 0 Å². The first-order chi connectivity index (χ1) is 29.6. The number of hydrogen-bond donors (Lipinski definition) is 0. The van der Waals surface area contributed by atoms with E-state index in [4.69, 9.17) is 0 Å². The van der Waals surface area contributed by atoms with Crippen LogP contribution in [0.1, 0.15) is 0 Å². The smallest absolute Gasteiger partial charge is 0.380 e. The van der Waals surface area contributed by atoms with Crippen LogP contribution in [-0.4, -0.2) is 146 Å². The summed E-state index contributed by atoms with van der Waals surface area (Å²) >= 11 is 0. The van der Waals surface area contributed by atoms with Crippen LogP contribution >= 0.6 is 0 Å². The molecule has 0 bridgehead atoms. The van der Waals surface area contributed by atoms with Crippen molar-refractivity contribution in [1.82, 2.24) is 0 Å². The first-order valence-corrected chi connectivity index (χ1v) is 15.4. The standard InChI is InChI=1S/C25H8F42O3/c26-6(27,10(34,35)14(42,43)18(50,51)22(58,59)60)8(30,31)12(38,39)16(46,47)20(54,55)24(64,65)69-3-5(1-68-2-5)4-70-25(66,67)21(56,57)17(48,49)13(40,41)9(32,33)7(28,29)11(36,37)15(44,45)19(52,53)23(61,62)63/h1-4H2.